The number of carbonyl (C=O) groups is 1. The Kier molecular flexibility index (Phi) is 4.71. The molecule has 0 atom stereocenters. The lowest BCUT2D eigenvalue weighted by Gasteiger charge is -2.17. The zero-order valence-corrected chi connectivity index (χ0v) is 9.80. The largest absolute Gasteiger partial charge is 0.342 e. The summed E-state index contributed by atoms with van der Waals surface area (Å²) in [6, 6.07) is 3.74. The van der Waals surface area contributed by atoms with Crippen LogP contribution >= 0.6 is 11.6 Å². The Bertz CT molecular complexity index is 384. The van der Waals surface area contributed by atoms with Crippen molar-refractivity contribution in [1.82, 2.24) is 4.90 Å². The Balaban J connectivity index is 2.79. The fourth-order valence-corrected chi connectivity index (χ4v) is 1.55. The van der Waals surface area contributed by atoms with E-state index in [0.29, 0.717) is 18.7 Å². The normalized spacial score (nSPS) is 10.2. The molecule has 0 saturated carbocycles. The lowest BCUT2D eigenvalue weighted by molar-refractivity contribution is 0.0794. The van der Waals surface area contributed by atoms with Gasteiger partial charge in [0.15, 0.2) is 0 Å². The Hall–Kier alpha value is -1.13. The molecule has 1 amide bonds. The Morgan fingerprint density at radius 1 is 1.56 bits per heavy atom. The van der Waals surface area contributed by atoms with Crippen molar-refractivity contribution in [3.05, 3.63) is 34.6 Å². The highest BCUT2D eigenvalue weighted by Crippen LogP contribution is 2.18. The lowest BCUT2D eigenvalue weighted by Crippen LogP contribution is -2.29. The number of nitrogens with zero attached hydrogens (tertiary/aromatic N) is 1. The third-order valence-electron chi connectivity index (χ3n) is 2.21. The molecule has 3 nitrogen and oxygen atoms in total. The summed E-state index contributed by atoms with van der Waals surface area (Å²) in [5, 5.41) is 0.129. The van der Waals surface area contributed by atoms with Gasteiger partial charge in [-0.15, -0.1) is 0 Å². The van der Waals surface area contributed by atoms with Gasteiger partial charge in [-0.2, -0.15) is 0 Å². The van der Waals surface area contributed by atoms with Gasteiger partial charge in [0.2, 0.25) is 0 Å². The van der Waals surface area contributed by atoms with E-state index < -0.39 is 5.82 Å². The van der Waals surface area contributed by atoms with E-state index in [1.54, 1.807) is 7.05 Å². The molecule has 88 valence electrons. The first-order chi connectivity index (χ1) is 7.56. The van der Waals surface area contributed by atoms with Crippen LogP contribution in [0.1, 0.15) is 16.8 Å². The summed E-state index contributed by atoms with van der Waals surface area (Å²) in [6.07, 6.45) is 0.723. The maximum atomic E-state index is 12.8. The average molecular weight is 245 g/mol. The number of benzene rings is 1. The van der Waals surface area contributed by atoms with E-state index in [9.17, 15) is 9.18 Å². The zero-order chi connectivity index (χ0) is 12.1. The van der Waals surface area contributed by atoms with Crippen LogP contribution in [0, 0.1) is 5.82 Å². The van der Waals surface area contributed by atoms with Gasteiger partial charge in [0.1, 0.15) is 5.82 Å². The van der Waals surface area contributed by atoms with Crippen LogP contribution < -0.4 is 5.73 Å². The fraction of sp³-hybridized carbons (Fsp3) is 0.364. The van der Waals surface area contributed by atoms with Gasteiger partial charge in [0, 0.05) is 13.6 Å². The number of nitrogens with two attached hydrogens (primary N) is 1. The van der Waals surface area contributed by atoms with Gasteiger partial charge in [-0.05, 0) is 31.2 Å². The molecule has 2 N–H and O–H groups in total. The lowest BCUT2D eigenvalue weighted by atomic mass is 10.2. The van der Waals surface area contributed by atoms with Gasteiger partial charge in [0.25, 0.3) is 5.91 Å². The van der Waals surface area contributed by atoms with Gasteiger partial charge >= 0.3 is 0 Å². The summed E-state index contributed by atoms with van der Waals surface area (Å²) in [4.78, 5) is 13.4. The van der Waals surface area contributed by atoms with Crippen LogP contribution in [-0.4, -0.2) is 30.9 Å². The van der Waals surface area contributed by atoms with Crippen molar-refractivity contribution in [3.8, 4) is 0 Å². The number of amides is 1. The van der Waals surface area contributed by atoms with E-state index in [4.69, 9.17) is 17.3 Å². The van der Waals surface area contributed by atoms with E-state index in [-0.39, 0.29) is 10.9 Å². The van der Waals surface area contributed by atoms with Crippen LogP contribution in [0.3, 0.4) is 0 Å². The minimum atomic E-state index is -0.453. The highest BCUT2D eigenvalue weighted by molar-refractivity contribution is 6.33. The van der Waals surface area contributed by atoms with Crippen molar-refractivity contribution < 1.29 is 9.18 Å². The fourth-order valence-electron chi connectivity index (χ4n) is 1.30. The molecule has 5 heteroatoms. The van der Waals surface area contributed by atoms with Crippen LogP contribution in [-0.2, 0) is 0 Å². The summed E-state index contributed by atoms with van der Waals surface area (Å²) in [5.74, 6) is -0.676. The van der Waals surface area contributed by atoms with Crippen LogP contribution in [0.4, 0.5) is 4.39 Å². The number of halogens is 2. The molecular formula is C11H14ClFN2O. The smallest absolute Gasteiger partial charge is 0.255 e. The predicted molar refractivity (Wildman–Crippen MR) is 62.0 cm³/mol. The summed E-state index contributed by atoms with van der Waals surface area (Å²) in [6.45, 7) is 1.08. The summed E-state index contributed by atoms with van der Waals surface area (Å²) < 4.78 is 12.8. The quantitative estimate of drug-likeness (QED) is 0.879. The van der Waals surface area contributed by atoms with Crippen molar-refractivity contribution in [3.63, 3.8) is 0 Å². The molecule has 0 heterocycles. The SMILES string of the molecule is CN(CCCN)C(=O)c1ccc(F)cc1Cl. The molecule has 1 rings (SSSR count). The molecule has 0 aliphatic carbocycles. The first-order valence-corrected chi connectivity index (χ1v) is 5.34. The molecule has 0 radical (unpaired) electrons. The number of hydrogen-bond acceptors (Lipinski definition) is 2. The van der Waals surface area contributed by atoms with Crippen molar-refractivity contribution in [2.75, 3.05) is 20.1 Å². The molecule has 0 saturated heterocycles. The van der Waals surface area contributed by atoms with E-state index in [1.165, 1.54) is 17.0 Å². The topological polar surface area (TPSA) is 46.3 Å². The molecule has 0 aliphatic heterocycles. The average Bonchev–Trinajstić information content (AvgIpc) is 2.25. The second kappa shape index (κ2) is 5.82. The highest BCUT2D eigenvalue weighted by atomic mass is 35.5. The maximum Gasteiger partial charge on any atom is 0.255 e. The number of carbonyl (C=O) groups excluding carboxylic acids is 1. The molecule has 0 aromatic heterocycles. The number of rotatable bonds is 4. The highest BCUT2D eigenvalue weighted by Gasteiger charge is 2.14. The predicted octanol–water partition coefficient (Wildman–Crippen LogP) is 1.90. The molecule has 1 aromatic carbocycles. The molecule has 0 aliphatic rings. The standard InChI is InChI=1S/C11H14ClFN2O/c1-15(6-2-5-14)11(16)9-4-3-8(13)7-10(9)12/h3-4,7H,2,5-6,14H2,1H3. The Morgan fingerprint density at radius 3 is 2.81 bits per heavy atom. The second-order valence-electron chi connectivity index (χ2n) is 3.49. The monoisotopic (exact) mass is 244 g/mol. The summed E-state index contributed by atoms with van der Waals surface area (Å²) >= 11 is 5.79. The first-order valence-electron chi connectivity index (χ1n) is 4.97. The molecule has 1 aromatic rings. The van der Waals surface area contributed by atoms with Crippen molar-refractivity contribution in [1.29, 1.82) is 0 Å². The molecule has 0 spiro atoms. The van der Waals surface area contributed by atoms with Crippen LogP contribution in [0.5, 0.6) is 0 Å². The van der Waals surface area contributed by atoms with Crippen LogP contribution in [0.2, 0.25) is 5.02 Å². The Labute approximate surface area is 99.0 Å². The van der Waals surface area contributed by atoms with Crippen molar-refractivity contribution >= 4 is 17.5 Å². The van der Waals surface area contributed by atoms with Gasteiger partial charge < -0.3 is 10.6 Å². The van der Waals surface area contributed by atoms with E-state index in [2.05, 4.69) is 0 Å². The minimum absolute atomic E-state index is 0.129. The van der Waals surface area contributed by atoms with Crippen LogP contribution in [0.25, 0.3) is 0 Å². The van der Waals surface area contributed by atoms with Crippen molar-refractivity contribution in [2.45, 2.75) is 6.42 Å². The first kappa shape index (κ1) is 12.9. The zero-order valence-electron chi connectivity index (χ0n) is 9.04. The molecule has 0 fully saturated rings. The van der Waals surface area contributed by atoms with Gasteiger partial charge in [-0.3, -0.25) is 4.79 Å². The second-order valence-corrected chi connectivity index (χ2v) is 3.90. The molecule has 0 unspecified atom stereocenters. The van der Waals surface area contributed by atoms with Gasteiger partial charge in [-0.25, -0.2) is 4.39 Å². The van der Waals surface area contributed by atoms with Crippen molar-refractivity contribution in [2.24, 2.45) is 5.73 Å². The van der Waals surface area contributed by atoms with Gasteiger partial charge in [0.05, 0.1) is 10.6 Å². The Morgan fingerprint density at radius 2 is 2.25 bits per heavy atom. The summed E-state index contributed by atoms with van der Waals surface area (Å²) in [5.41, 5.74) is 5.66. The minimum Gasteiger partial charge on any atom is -0.342 e. The molecular weight excluding hydrogens is 231 g/mol. The third-order valence-corrected chi connectivity index (χ3v) is 2.52. The van der Waals surface area contributed by atoms with E-state index in [1.807, 2.05) is 0 Å². The maximum absolute atomic E-state index is 12.8. The van der Waals surface area contributed by atoms with Gasteiger partial charge in [-0.1, -0.05) is 11.6 Å². The van der Waals surface area contributed by atoms with Crippen LogP contribution in [0.15, 0.2) is 18.2 Å². The molecule has 16 heavy (non-hydrogen) atoms. The number of hydrogen-bond donors (Lipinski definition) is 1. The van der Waals surface area contributed by atoms with E-state index >= 15 is 0 Å². The summed E-state index contributed by atoms with van der Waals surface area (Å²) in [7, 11) is 1.66. The third kappa shape index (κ3) is 3.18. The van der Waals surface area contributed by atoms with E-state index in [0.717, 1.165) is 12.5 Å². The molecule has 0 bridgehead atoms.